The second-order valence-electron chi connectivity index (χ2n) is 8.95. The number of ether oxygens (including phenoxy) is 2. The fraction of sp³-hybridized carbons (Fsp3) is 0.393. The van der Waals surface area contributed by atoms with Gasteiger partial charge in [0.1, 0.15) is 17.6 Å². The summed E-state index contributed by atoms with van der Waals surface area (Å²) in [4.78, 5) is 26.5. The van der Waals surface area contributed by atoms with Crippen LogP contribution in [0.5, 0.6) is 11.5 Å². The van der Waals surface area contributed by atoms with E-state index < -0.39 is 0 Å². The zero-order valence-electron chi connectivity index (χ0n) is 20.9. The lowest BCUT2D eigenvalue weighted by Gasteiger charge is -2.30. The molecule has 1 atom stereocenters. The predicted octanol–water partition coefficient (Wildman–Crippen LogP) is 3.90. The third-order valence-electron chi connectivity index (χ3n) is 6.11. The number of pyridine rings is 1. The maximum atomic E-state index is 12.3. The average Bonchev–Trinajstić information content (AvgIpc) is 2.90. The van der Waals surface area contributed by atoms with Crippen molar-refractivity contribution in [2.24, 2.45) is 0 Å². The molecule has 1 unspecified atom stereocenters. The van der Waals surface area contributed by atoms with E-state index in [-0.39, 0.29) is 17.0 Å². The van der Waals surface area contributed by atoms with E-state index in [2.05, 4.69) is 35.5 Å². The van der Waals surface area contributed by atoms with Crippen LogP contribution in [0.3, 0.4) is 0 Å². The number of benzene rings is 2. The van der Waals surface area contributed by atoms with Gasteiger partial charge in [-0.2, -0.15) is 5.26 Å². The minimum atomic E-state index is -0.219. The molecular formula is C28H34N4O4. The normalized spacial score (nSPS) is 12.5. The lowest BCUT2D eigenvalue weighted by atomic mass is 9.98. The molecule has 0 spiro atoms. The number of rotatable bonds is 14. The number of amides is 1. The predicted molar refractivity (Wildman–Crippen MR) is 140 cm³/mol. The number of hydrogen-bond acceptors (Lipinski definition) is 6. The van der Waals surface area contributed by atoms with E-state index >= 15 is 0 Å². The van der Waals surface area contributed by atoms with Crippen LogP contribution in [-0.4, -0.2) is 42.7 Å². The molecule has 1 aromatic heterocycles. The van der Waals surface area contributed by atoms with Crippen molar-refractivity contribution in [3.8, 4) is 17.6 Å². The number of carbonyl (C=O) groups excluding carboxylic acids is 1. The number of fused-ring (bicyclic) bond motifs is 1. The lowest BCUT2D eigenvalue weighted by molar-refractivity contribution is -0.121. The Kier molecular flexibility index (Phi) is 9.90. The maximum Gasteiger partial charge on any atom is 0.248 e. The Labute approximate surface area is 211 Å². The molecule has 36 heavy (non-hydrogen) atoms. The summed E-state index contributed by atoms with van der Waals surface area (Å²) in [5.74, 6) is 1.30. The van der Waals surface area contributed by atoms with Gasteiger partial charge in [0.05, 0.1) is 18.8 Å². The van der Waals surface area contributed by atoms with Gasteiger partial charge in [0.15, 0.2) is 0 Å². The van der Waals surface area contributed by atoms with Crippen molar-refractivity contribution in [3.63, 3.8) is 0 Å². The number of H-pyrrole nitrogens is 1. The van der Waals surface area contributed by atoms with E-state index in [1.165, 1.54) is 6.07 Å². The minimum absolute atomic E-state index is 0.00685. The summed E-state index contributed by atoms with van der Waals surface area (Å²) in [6.45, 7) is 6.39. The van der Waals surface area contributed by atoms with Gasteiger partial charge in [-0.15, -0.1) is 0 Å². The number of nitrogens with zero attached hydrogens (tertiary/aromatic N) is 1. The van der Waals surface area contributed by atoms with E-state index in [4.69, 9.17) is 14.7 Å². The van der Waals surface area contributed by atoms with Gasteiger partial charge in [-0.05, 0) is 69.1 Å². The van der Waals surface area contributed by atoms with E-state index in [1.807, 2.05) is 30.3 Å². The molecule has 2 aromatic carbocycles. The first-order chi connectivity index (χ1) is 17.4. The smallest absolute Gasteiger partial charge is 0.248 e. The van der Waals surface area contributed by atoms with Crippen LogP contribution in [0.4, 0.5) is 0 Å². The van der Waals surface area contributed by atoms with Crippen molar-refractivity contribution in [3.05, 3.63) is 70.5 Å². The summed E-state index contributed by atoms with van der Waals surface area (Å²) in [7, 11) is 0. The highest BCUT2D eigenvalue weighted by atomic mass is 16.5. The van der Waals surface area contributed by atoms with Gasteiger partial charge in [-0.3, -0.25) is 9.59 Å². The summed E-state index contributed by atoms with van der Waals surface area (Å²) in [5.41, 5.74) is 0.942. The largest absolute Gasteiger partial charge is 0.494 e. The Hall–Kier alpha value is -3.83. The molecule has 8 nitrogen and oxygen atoms in total. The second-order valence-corrected chi connectivity index (χ2v) is 8.95. The topological polar surface area (TPSA) is 116 Å². The Morgan fingerprint density at radius 1 is 1.08 bits per heavy atom. The van der Waals surface area contributed by atoms with Crippen LogP contribution in [0, 0.1) is 11.3 Å². The van der Waals surface area contributed by atoms with Crippen LogP contribution in [0.15, 0.2) is 59.4 Å². The standard InChI is InChI=1S/C28H34N4O4/c1-3-28(2,31-15-7-17-36-25-9-5-4-8-22(25)19-29)20-30-26(33)10-6-16-35-23-12-13-24-21(18-23)11-14-27(34)32-24/h4-5,8-9,11-14,18,31H,3,6-7,10,15-17,20H2,1-2H3,(H,30,33)(H,32,34). The van der Waals surface area contributed by atoms with Crippen molar-refractivity contribution in [2.45, 2.75) is 45.1 Å². The monoisotopic (exact) mass is 490 g/mol. The number of hydrogen-bond donors (Lipinski definition) is 3. The third kappa shape index (κ3) is 8.14. The average molecular weight is 491 g/mol. The first-order valence-corrected chi connectivity index (χ1v) is 12.3. The molecule has 0 aliphatic carbocycles. The van der Waals surface area contributed by atoms with Gasteiger partial charge in [0.25, 0.3) is 0 Å². The van der Waals surface area contributed by atoms with Crippen LogP contribution in [0.1, 0.15) is 45.1 Å². The molecule has 190 valence electrons. The number of para-hydroxylation sites is 1. The van der Waals surface area contributed by atoms with E-state index in [1.54, 1.807) is 18.2 Å². The van der Waals surface area contributed by atoms with Crippen molar-refractivity contribution in [1.82, 2.24) is 15.6 Å². The van der Waals surface area contributed by atoms with Crippen molar-refractivity contribution >= 4 is 16.8 Å². The SMILES string of the molecule is CCC(C)(CNC(=O)CCCOc1ccc2[nH]c(=O)ccc2c1)NCCCOc1ccccc1C#N. The Balaban J connectivity index is 1.31. The summed E-state index contributed by atoms with van der Waals surface area (Å²) < 4.78 is 11.5. The van der Waals surface area contributed by atoms with Crippen LogP contribution in [-0.2, 0) is 4.79 Å². The molecule has 3 aromatic rings. The van der Waals surface area contributed by atoms with Gasteiger partial charge < -0.3 is 25.1 Å². The number of nitrogens with one attached hydrogen (secondary N) is 3. The van der Waals surface area contributed by atoms with E-state index in [9.17, 15) is 9.59 Å². The number of aromatic nitrogens is 1. The van der Waals surface area contributed by atoms with E-state index in [0.29, 0.717) is 49.7 Å². The van der Waals surface area contributed by atoms with Gasteiger partial charge in [0.2, 0.25) is 11.5 Å². The number of carbonyl (C=O) groups is 1. The van der Waals surface area contributed by atoms with Gasteiger partial charge in [-0.25, -0.2) is 0 Å². The molecule has 3 rings (SSSR count). The molecule has 0 bridgehead atoms. The highest BCUT2D eigenvalue weighted by Gasteiger charge is 2.21. The highest BCUT2D eigenvalue weighted by molar-refractivity contribution is 5.79. The highest BCUT2D eigenvalue weighted by Crippen LogP contribution is 2.19. The van der Waals surface area contributed by atoms with Crippen LogP contribution < -0.4 is 25.7 Å². The summed E-state index contributed by atoms with van der Waals surface area (Å²) in [5, 5.41) is 16.6. The first-order valence-electron chi connectivity index (χ1n) is 12.3. The van der Waals surface area contributed by atoms with Crippen LogP contribution >= 0.6 is 0 Å². The minimum Gasteiger partial charge on any atom is -0.494 e. The van der Waals surface area contributed by atoms with Crippen molar-refractivity contribution in [2.75, 3.05) is 26.3 Å². The Morgan fingerprint density at radius 3 is 2.69 bits per heavy atom. The maximum absolute atomic E-state index is 12.3. The molecule has 1 amide bonds. The molecule has 0 aliphatic rings. The van der Waals surface area contributed by atoms with Gasteiger partial charge >= 0.3 is 0 Å². The first kappa shape index (κ1) is 26.8. The molecule has 0 aliphatic heterocycles. The van der Waals surface area contributed by atoms with Gasteiger partial charge in [0, 0.05) is 35.5 Å². The molecule has 0 radical (unpaired) electrons. The molecule has 0 saturated heterocycles. The fourth-order valence-electron chi connectivity index (χ4n) is 3.67. The molecule has 3 N–H and O–H groups in total. The van der Waals surface area contributed by atoms with Crippen molar-refractivity contribution < 1.29 is 14.3 Å². The zero-order chi connectivity index (χ0) is 25.8. The van der Waals surface area contributed by atoms with Crippen molar-refractivity contribution in [1.29, 1.82) is 5.26 Å². The third-order valence-corrected chi connectivity index (χ3v) is 6.11. The Morgan fingerprint density at radius 2 is 1.89 bits per heavy atom. The lowest BCUT2D eigenvalue weighted by Crippen LogP contribution is -2.51. The second kappa shape index (κ2) is 13.3. The zero-order valence-corrected chi connectivity index (χ0v) is 20.9. The number of aromatic amines is 1. The van der Waals surface area contributed by atoms with Gasteiger partial charge in [-0.1, -0.05) is 19.1 Å². The molecule has 0 saturated carbocycles. The summed E-state index contributed by atoms with van der Waals surface area (Å²) >= 11 is 0. The Bertz CT molecular complexity index is 1250. The summed E-state index contributed by atoms with van der Waals surface area (Å²) in [6, 6.07) is 18.1. The van der Waals surface area contributed by atoms with Crippen LogP contribution in [0.25, 0.3) is 10.9 Å². The molecule has 1 heterocycles. The fourth-order valence-corrected chi connectivity index (χ4v) is 3.67. The molecular weight excluding hydrogens is 456 g/mol. The summed E-state index contributed by atoms with van der Waals surface area (Å²) in [6.07, 6.45) is 2.63. The molecule has 0 fully saturated rings. The number of nitriles is 1. The van der Waals surface area contributed by atoms with E-state index in [0.717, 1.165) is 30.3 Å². The molecule has 8 heteroatoms. The van der Waals surface area contributed by atoms with Crippen LogP contribution in [0.2, 0.25) is 0 Å². The quantitative estimate of drug-likeness (QED) is 0.295.